The van der Waals surface area contributed by atoms with E-state index in [1.807, 2.05) is 62.3 Å². The minimum Gasteiger partial charge on any atom is -0.444 e. The number of amides is 3. The van der Waals surface area contributed by atoms with Gasteiger partial charge in [0.1, 0.15) is 16.8 Å². The minimum atomic E-state index is -0.524. The van der Waals surface area contributed by atoms with Gasteiger partial charge in [-0.15, -0.1) is 0 Å². The molecule has 0 aliphatic heterocycles. The molecule has 0 saturated carbocycles. The highest BCUT2D eigenvalue weighted by Gasteiger charge is 2.17. The molecule has 9 nitrogen and oxygen atoms in total. The van der Waals surface area contributed by atoms with Crippen molar-refractivity contribution in [3.8, 4) is 0 Å². The van der Waals surface area contributed by atoms with E-state index >= 15 is 0 Å². The first kappa shape index (κ1) is 34.1. The van der Waals surface area contributed by atoms with Gasteiger partial charge in [0.25, 0.3) is 0 Å². The van der Waals surface area contributed by atoms with Gasteiger partial charge in [-0.3, -0.25) is 0 Å². The van der Waals surface area contributed by atoms with E-state index in [1.165, 1.54) is 16.7 Å². The van der Waals surface area contributed by atoms with Gasteiger partial charge in [-0.2, -0.15) is 0 Å². The molecule has 0 aliphatic carbocycles. The topological polar surface area (TPSA) is 115 Å². The van der Waals surface area contributed by atoms with E-state index in [-0.39, 0.29) is 0 Å². The quantitative estimate of drug-likeness (QED) is 0.216. The van der Waals surface area contributed by atoms with Crippen molar-refractivity contribution in [2.45, 2.75) is 118 Å². The molecule has 0 heterocycles. The Morgan fingerprint density at radius 3 is 0.949 bits per heavy atom. The lowest BCUT2D eigenvalue weighted by Crippen LogP contribution is -2.33. The van der Waals surface area contributed by atoms with Crippen molar-refractivity contribution in [2.24, 2.45) is 0 Å². The molecule has 0 saturated heterocycles. The summed E-state index contributed by atoms with van der Waals surface area (Å²) in [6, 6.07) is 6.55. The van der Waals surface area contributed by atoms with Crippen LogP contribution in [0.5, 0.6) is 0 Å². The summed E-state index contributed by atoms with van der Waals surface area (Å²) in [6.07, 6.45) is 3.54. The minimum absolute atomic E-state index is 0.410. The zero-order valence-electron chi connectivity index (χ0n) is 25.5. The largest absolute Gasteiger partial charge is 0.444 e. The van der Waals surface area contributed by atoms with Crippen molar-refractivity contribution >= 4 is 18.3 Å². The molecule has 39 heavy (non-hydrogen) atoms. The molecular formula is C30H51N3O6. The lowest BCUT2D eigenvalue weighted by molar-refractivity contribution is 0.0516. The van der Waals surface area contributed by atoms with Crippen LogP contribution in [0.1, 0.15) is 98.3 Å². The smallest absolute Gasteiger partial charge is 0.407 e. The number of alkyl carbamates (subject to hydrolysis) is 3. The first-order chi connectivity index (χ1) is 17.9. The Morgan fingerprint density at radius 1 is 0.513 bits per heavy atom. The van der Waals surface area contributed by atoms with Crippen molar-refractivity contribution in [2.75, 3.05) is 19.6 Å². The fourth-order valence-electron chi connectivity index (χ4n) is 3.66. The average Bonchev–Trinajstić information content (AvgIpc) is 2.74. The van der Waals surface area contributed by atoms with Crippen LogP contribution < -0.4 is 16.0 Å². The van der Waals surface area contributed by atoms with Crippen LogP contribution in [0, 0.1) is 0 Å². The molecule has 0 aromatic heterocycles. The van der Waals surface area contributed by atoms with E-state index in [0.29, 0.717) is 19.6 Å². The Hall–Kier alpha value is -2.97. The van der Waals surface area contributed by atoms with Crippen molar-refractivity contribution in [1.29, 1.82) is 0 Å². The number of benzene rings is 1. The summed E-state index contributed by atoms with van der Waals surface area (Å²) < 4.78 is 15.9. The Kier molecular flexibility index (Phi) is 13.6. The van der Waals surface area contributed by atoms with E-state index < -0.39 is 35.1 Å². The Labute approximate surface area is 235 Å². The third kappa shape index (κ3) is 18.8. The third-order valence-electron chi connectivity index (χ3n) is 5.04. The summed E-state index contributed by atoms with van der Waals surface area (Å²) in [4.78, 5) is 35.7. The van der Waals surface area contributed by atoms with Crippen molar-refractivity contribution < 1.29 is 28.6 Å². The predicted octanol–water partition coefficient (Wildman–Crippen LogP) is 6.06. The predicted molar refractivity (Wildman–Crippen MR) is 154 cm³/mol. The van der Waals surface area contributed by atoms with E-state index in [2.05, 4.69) is 34.1 Å². The molecule has 1 aromatic carbocycles. The first-order valence-corrected chi connectivity index (χ1v) is 13.9. The summed E-state index contributed by atoms with van der Waals surface area (Å²) in [5, 5.41) is 8.43. The molecule has 3 N–H and O–H groups in total. The first-order valence-electron chi connectivity index (χ1n) is 13.9. The Balaban J connectivity index is 2.68. The zero-order valence-corrected chi connectivity index (χ0v) is 25.5. The van der Waals surface area contributed by atoms with Gasteiger partial charge in [0, 0.05) is 19.6 Å². The number of aryl methyl sites for hydroxylation is 3. The van der Waals surface area contributed by atoms with Gasteiger partial charge >= 0.3 is 18.3 Å². The summed E-state index contributed by atoms with van der Waals surface area (Å²) in [7, 11) is 0. The SMILES string of the molecule is CC(C)(C)OC(=O)NCCCc1cc(CCCNC(=O)OC(C)(C)C)cc(CCCNC(=O)OC(C)(C)C)c1. The fraction of sp³-hybridized carbons (Fsp3) is 0.700. The van der Waals surface area contributed by atoms with Crippen LogP contribution in [0.4, 0.5) is 14.4 Å². The molecule has 0 radical (unpaired) electrons. The number of hydrogen-bond acceptors (Lipinski definition) is 6. The molecule has 0 spiro atoms. The molecule has 222 valence electrons. The van der Waals surface area contributed by atoms with Gasteiger partial charge in [-0.1, -0.05) is 18.2 Å². The van der Waals surface area contributed by atoms with E-state index in [4.69, 9.17) is 14.2 Å². The van der Waals surface area contributed by atoms with Crippen LogP contribution >= 0.6 is 0 Å². The van der Waals surface area contributed by atoms with Gasteiger partial charge < -0.3 is 30.2 Å². The molecule has 1 rings (SSSR count). The lowest BCUT2D eigenvalue weighted by atomic mass is 9.97. The number of carbonyl (C=O) groups excluding carboxylic acids is 3. The Bertz CT molecular complexity index is 795. The Morgan fingerprint density at radius 2 is 0.744 bits per heavy atom. The second-order valence-corrected chi connectivity index (χ2v) is 12.8. The van der Waals surface area contributed by atoms with Crippen LogP contribution in [-0.4, -0.2) is 54.7 Å². The lowest BCUT2D eigenvalue weighted by Gasteiger charge is -2.20. The monoisotopic (exact) mass is 549 g/mol. The van der Waals surface area contributed by atoms with Crippen molar-refractivity contribution in [3.63, 3.8) is 0 Å². The highest BCUT2D eigenvalue weighted by atomic mass is 16.6. The molecule has 0 aliphatic rings. The zero-order chi connectivity index (χ0) is 29.7. The second-order valence-electron chi connectivity index (χ2n) is 12.8. The number of nitrogens with one attached hydrogen (secondary N) is 3. The molecular weight excluding hydrogens is 498 g/mol. The van der Waals surface area contributed by atoms with Gasteiger partial charge in [0.15, 0.2) is 0 Å². The molecule has 0 fully saturated rings. The second kappa shape index (κ2) is 15.6. The van der Waals surface area contributed by atoms with E-state index in [1.54, 1.807) is 0 Å². The standard InChI is InChI=1S/C30H51N3O6/c1-28(2,3)37-25(34)31-16-10-13-22-19-23(14-11-17-32-26(35)38-29(4,5)6)21-24(20-22)15-12-18-33-27(36)39-30(7,8)9/h19-21H,10-18H2,1-9H3,(H,31,34)(H,32,35)(H,33,36). The number of carbonyl (C=O) groups is 3. The summed E-state index contributed by atoms with van der Waals surface area (Å²) in [6.45, 7) is 18.1. The molecule has 0 atom stereocenters. The van der Waals surface area contributed by atoms with Crippen LogP contribution in [0.3, 0.4) is 0 Å². The van der Waals surface area contributed by atoms with Crippen LogP contribution in [0.15, 0.2) is 18.2 Å². The van der Waals surface area contributed by atoms with Gasteiger partial charge in [-0.05, 0) is 118 Å². The van der Waals surface area contributed by atoms with Crippen molar-refractivity contribution in [1.82, 2.24) is 16.0 Å². The highest BCUT2D eigenvalue weighted by molar-refractivity contribution is 5.68. The summed E-state index contributed by atoms with van der Waals surface area (Å²) in [5.74, 6) is 0. The fourth-order valence-corrected chi connectivity index (χ4v) is 3.66. The van der Waals surface area contributed by atoms with Gasteiger partial charge in [0.05, 0.1) is 0 Å². The number of rotatable bonds is 12. The average molecular weight is 550 g/mol. The number of ether oxygens (including phenoxy) is 3. The van der Waals surface area contributed by atoms with Crippen LogP contribution in [0.25, 0.3) is 0 Å². The maximum absolute atomic E-state index is 11.9. The highest BCUT2D eigenvalue weighted by Crippen LogP contribution is 2.16. The van der Waals surface area contributed by atoms with E-state index in [9.17, 15) is 14.4 Å². The summed E-state index contributed by atoms with van der Waals surface area (Å²) in [5.41, 5.74) is 1.99. The molecule has 9 heteroatoms. The molecule has 1 aromatic rings. The molecule has 0 bridgehead atoms. The number of hydrogen-bond donors (Lipinski definition) is 3. The molecule has 0 unspecified atom stereocenters. The van der Waals surface area contributed by atoms with E-state index in [0.717, 1.165) is 38.5 Å². The molecule has 3 amide bonds. The maximum atomic E-state index is 11.9. The van der Waals surface area contributed by atoms with Gasteiger partial charge in [-0.25, -0.2) is 14.4 Å². The summed E-state index contributed by atoms with van der Waals surface area (Å²) >= 11 is 0. The van der Waals surface area contributed by atoms with Crippen LogP contribution in [0.2, 0.25) is 0 Å². The normalized spacial score (nSPS) is 11.9. The van der Waals surface area contributed by atoms with Gasteiger partial charge in [0.2, 0.25) is 0 Å². The van der Waals surface area contributed by atoms with Crippen LogP contribution in [-0.2, 0) is 33.5 Å². The van der Waals surface area contributed by atoms with Crippen molar-refractivity contribution in [3.05, 3.63) is 34.9 Å². The third-order valence-corrected chi connectivity index (χ3v) is 5.04. The maximum Gasteiger partial charge on any atom is 0.407 e.